The van der Waals surface area contributed by atoms with E-state index in [9.17, 15) is 0 Å². The third-order valence-electron chi connectivity index (χ3n) is 3.92. The molecule has 2 aliphatic heterocycles. The Morgan fingerprint density at radius 2 is 1.93 bits per heavy atom. The van der Waals surface area contributed by atoms with Gasteiger partial charge < -0.3 is 10.6 Å². The van der Waals surface area contributed by atoms with Gasteiger partial charge >= 0.3 is 0 Å². The molecule has 2 fully saturated rings. The molecule has 1 unspecified atom stereocenters. The van der Waals surface area contributed by atoms with Crippen LogP contribution in [0.5, 0.6) is 0 Å². The predicted molar refractivity (Wildman–Crippen MR) is 64.1 cm³/mol. The van der Waals surface area contributed by atoms with E-state index in [0.717, 1.165) is 12.0 Å². The van der Waals surface area contributed by atoms with E-state index in [-0.39, 0.29) is 0 Å². The van der Waals surface area contributed by atoms with Gasteiger partial charge in [-0.3, -0.25) is 4.90 Å². The SMILES string of the molecule is CC1CNCCN1CCC1CCNCC1. The summed E-state index contributed by atoms with van der Waals surface area (Å²) in [5.74, 6) is 0.980. The summed E-state index contributed by atoms with van der Waals surface area (Å²) in [7, 11) is 0. The molecule has 0 aromatic carbocycles. The van der Waals surface area contributed by atoms with Gasteiger partial charge in [-0.2, -0.15) is 0 Å². The topological polar surface area (TPSA) is 27.3 Å². The molecule has 2 saturated heterocycles. The van der Waals surface area contributed by atoms with Crippen LogP contribution in [0, 0.1) is 5.92 Å². The molecule has 0 aliphatic carbocycles. The highest BCUT2D eigenvalue weighted by atomic mass is 15.2. The van der Waals surface area contributed by atoms with Crippen LogP contribution in [0.2, 0.25) is 0 Å². The average molecular weight is 211 g/mol. The van der Waals surface area contributed by atoms with Crippen LogP contribution in [-0.4, -0.2) is 50.2 Å². The summed E-state index contributed by atoms with van der Waals surface area (Å²) < 4.78 is 0. The molecule has 2 rings (SSSR count). The molecule has 2 N–H and O–H groups in total. The maximum Gasteiger partial charge on any atom is 0.0192 e. The van der Waals surface area contributed by atoms with Crippen molar-refractivity contribution in [3.63, 3.8) is 0 Å². The van der Waals surface area contributed by atoms with Crippen LogP contribution in [0.25, 0.3) is 0 Å². The third-order valence-corrected chi connectivity index (χ3v) is 3.92. The predicted octanol–water partition coefficient (Wildman–Crippen LogP) is 0.670. The Labute approximate surface area is 93.6 Å². The number of piperidine rings is 1. The summed E-state index contributed by atoms with van der Waals surface area (Å²) >= 11 is 0. The third kappa shape index (κ3) is 3.44. The number of hydrogen-bond donors (Lipinski definition) is 2. The van der Waals surface area contributed by atoms with Crippen molar-refractivity contribution in [1.82, 2.24) is 15.5 Å². The summed E-state index contributed by atoms with van der Waals surface area (Å²) in [5.41, 5.74) is 0. The first-order chi connectivity index (χ1) is 7.36. The average Bonchev–Trinajstić information content (AvgIpc) is 2.29. The molecular weight excluding hydrogens is 186 g/mol. The maximum absolute atomic E-state index is 3.45. The number of rotatable bonds is 3. The van der Waals surface area contributed by atoms with E-state index in [4.69, 9.17) is 0 Å². The molecule has 2 aliphatic rings. The molecular formula is C12H25N3. The van der Waals surface area contributed by atoms with Crippen molar-refractivity contribution in [2.24, 2.45) is 5.92 Å². The lowest BCUT2D eigenvalue weighted by Crippen LogP contribution is -2.50. The summed E-state index contributed by atoms with van der Waals surface area (Å²) in [6, 6.07) is 0.737. The molecule has 0 aromatic rings. The molecule has 3 heteroatoms. The Balaban J connectivity index is 1.67. The van der Waals surface area contributed by atoms with Crippen LogP contribution in [0.1, 0.15) is 26.2 Å². The van der Waals surface area contributed by atoms with Crippen molar-refractivity contribution < 1.29 is 0 Å². The van der Waals surface area contributed by atoms with E-state index < -0.39 is 0 Å². The lowest BCUT2D eigenvalue weighted by molar-refractivity contribution is 0.157. The molecule has 0 aromatic heterocycles. The zero-order valence-corrected chi connectivity index (χ0v) is 9.97. The molecule has 1 atom stereocenters. The van der Waals surface area contributed by atoms with Gasteiger partial charge in [0.25, 0.3) is 0 Å². The van der Waals surface area contributed by atoms with Gasteiger partial charge in [0.1, 0.15) is 0 Å². The van der Waals surface area contributed by atoms with Gasteiger partial charge in [-0.05, 0) is 51.7 Å². The molecule has 0 amide bonds. The number of nitrogens with one attached hydrogen (secondary N) is 2. The second-order valence-electron chi connectivity index (χ2n) is 5.07. The molecule has 3 nitrogen and oxygen atoms in total. The molecule has 0 spiro atoms. The fourth-order valence-corrected chi connectivity index (χ4v) is 2.73. The van der Waals surface area contributed by atoms with Crippen molar-refractivity contribution in [2.75, 3.05) is 39.3 Å². The highest BCUT2D eigenvalue weighted by Gasteiger charge is 2.19. The monoisotopic (exact) mass is 211 g/mol. The lowest BCUT2D eigenvalue weighted by Gasteiger charge is -2.35. The van der Waals surface area contributed by atoms with E-state index in [0.29, 0.717) is 0 Å². The van der Waals surface area contributed by atoms with Crippen molar-refractivity contribution in [3.8, 4) is 0 Å². The summed E-state index contributed by atoms with van der Waals surface area (Å²) in [6.07, 6.45) is 4.19. The Bertz CT molecular complexity index is 178. The largest absolute Gasteiger partial charge is 0.317 e. The van der Waals surface area contributed by atoms with Crippen molar-refractivity contribution in [3.05, 3.63) is 0 Å². The van der Waals surface area contributed by atoms with Crippen LogP contribution < -0.4 is 10.6 Å². The highest BCUT2D eigenvalue weighted by molar-refractivity contribution is 4.77. The summed E-state index contributed by atoms with van der Waals surface area (Å²) in [6.45, 7) is 9.72. The minimum Gasteiger partial charge on any atom is -0.317 e. The van der Waals surface area contributed by atoms with Crippen LogP contribution in [0.3, 0.4) is 0 Å². The van der Waals surface area contributed by atoms with Gasteiger partial charge in [0, 0.05) is 25.7 Å². The zero-order chi connectivity index (χ0) is 10.5. The normalized spacial score (nSPS) is 30.6. The van der Waals surface area contributed by atoms with Crippen LogP contribution >= 0.6 is 0 Å². The molecule has 0 radical (unpaired) electrons. The van der Waals surface area contributed by atoms with E-state index in [1.54, 1.807) is 0 Å². The van der Waals surface area contributed by atoms with Gasteiger partial charge in [-0.25, -0.2) is 0 Å². The Morgan fingerprint density at radius 1 is 1.13 bits per heavy atom. The first-order valence-corrected chi connectivity index (χ1v) is 6.52. The Kier molecular flexibility index (Phi) is 4.42. The second kappa shape index (κ2) is 5.83. The Hall–Kier alpha value is -0.120. The fourth-order valence-electron chi connectivity index (χ4n) is 2.73. The minimum atomic E-state index is 0.737. The van der Waals surface area contributed by atoms with Crippen LogP contribution in [0.15, 0.2) is 0 Å². The first kappa shape index (κ1) is 11.4. The maximum atomic E-state index is 3.45. The Morgan fingerprint density at radius 3 is 2.67 bits per heavy atom. The van der Waals surface area contributed by atoms with Crippen molar-refractivity contribution in [2.45, 2.75) is 32.2 Å². The van der Waals surface area contributed by atoms with E-state index in [1.807, 2.05) is 0 Å². The summed E-state index contributed by atoms with van der Waals surface area (Å²) in [4.78, 5) is 2.65. The molecule has 88 valence electrons. The van der Waals surface area contributed by atoms with E-state index in [2.05, 4.69) is 22.5 Å². The van der Waals surface area contributed by atoms with Gasteiger partial charge in [0.05, 0.1) is 0 Å². The van der Waals surface area contributed by atoms with Crippen molar-refractivity contribution in [1.29, 1.82) is 0 Å². The van der Waals surface area contributed by atoms with Gasteiger partial charge in [0.2, 0.25) is 0 Å². The highest BCUT2D eigenvalue weighted by Crippen LogP contribution is 2.17. The quantitative estimate of drug-likeness (QED) is 0.718. The standard InChI is InChI=1S/C12H25N3/c1-11-10-14-7-9-15(11)8-4-12-2-5-13-6-3-12/h11-14H,2-10H2,1H3. The molecule has 15 heavy (non-hydrogen) atoms. The van der Waals surface area contributed by atoms with Crippen molar-refractivity contribution >= 4 is 0 Å². The second-order valence-corrected chi connectivity index (χ2v) is 5.07. The lowest BCUT2D eigenvalue weighted by atomic mass is 9.94. The number of nitrogens with zero attached hydrogens (tertiary/aromatic N) is 1. The van der Waals surface area contributed by atoms with Gasteiger partial charge in [0.15, 0.2) is 0 Å². The summed E-state index contributed by atoms with van der Waals surface area (Å²) in [5, 5.41) is 6.89. The van der Waals surface area contributed by atoms with Crippen LogP contribution in [0.4, 0.5) is 0 Å². The van der Waals surface area contributed by atoms with E-state index in [1.165, 1.54) is 58.5 Å². The van der Waals surface area contributed by atoms with Gasteiger partial charge in [-0.1, -0.05) is 0 Å². The fraction of sp³-hybridized carbons (Fsp3) is 1.00. The smallest absolute Gasteiger partial charge is 0.0192 e. The van der Waals surface area contributed by atoms with Crippen LogP contribution in [-0.2, 0) is 0 Å². The molecule has 0 saturated carbocycles. The van der Waals surface area contributed by atoms with E-state index >= 15 is 0 Å². The number of hydrogen-bond acceptors (Lipinski definition) is 3. The molecule has 2 heterocycles. The molecule has 0 bridgehead atoms. The zero-order valence-electron chi connectivity index (χ0n) is 9.97. The minimum absolute atomic E-state index is 0.737. The number of piperazine rings is 1. The van der Waals surface area contributed by atoms with Gasteiger partial charge in [-0.15, -0.1) is 0 Å². The first-order valence-electron chi connectivity index (χ1n) is 6.52.